The largest absolute Gasteiger partial charge is 0.334 e. The van der Waals surface area contributed by atoms with Crippen LogP contribution in [0.4, 0.5) is 4.39 Å². The Kier molecular flexibility index (Phi) is 5.70. The van der Waals surface area contributed by atoms with E-state index in [1.807, 2.05) is 19.3 Å². The lowest BCUT2D eigenvalue weighted by Gasteiger charge is -2.29. The Morgan fingerprint density at radius 3 is 2.62 bits per heavy atom. The highest BCUT2D eigenvalue weighted by Crippen LogP contribution is 2.30. The van der Waals surface area contributed by atoms with E-state index in [1.54, 1.807) is 40.7 Å². The van der Waals surface area contributed by atoms with Crippen LogP contribution in [0.5, 0.6) is 0 Å². The quantitative estimate of drug-likeness (QED) is 0.827. The molecule has 4 nitrogen and oxygen atoms in total. The van der Waals surface area contributed by atoms with Crippen molar-refractivity contribution >= 4 is 17.7 Å². The summed E-state index contributed by atoms with van der Waals surface area (Å²) < 4.78 is 15.4. The Morgan fingerprint density at radius 2 is 2.08 bits per heavy atom. The summed E-state index contributed by atoms with van der Waals surface area (Å²) in [6, 6.07) is 6.01. The lowest BCUT2D eigenvalue weighted by molar-refractivity contribution is -0.128. The molecule has 1 aromatic carbocycles. The fourth-order valence-corrected chi connectivity index (χ4v) is 3.18. The average Bonchev–Trinajstić information content (AvgIpc) is 2.90. The Labute approximate surface area is 147 Å². The number of carbonyl (C=O) groups excluding carboxylic acids is 1. The van der Waals surface area contributed by atoms with Crippen LogP contribution in [-0.2, 0) is 11.8 Å². The summed E-state index contributed by atoms with van der Waals surface area (Å²) in [5.74, 6) is 0.0749. The molecule has 2 rings (SSSR count). The van der Waals surface area contributed by atoms with Gasteiger partial charge in [-0.15, -0.1) is 11.8 Å². The lowest BCUT2D eigenvalue weighted by Crippen LogP contribution is -2.34. The SMILES string of the molecule is CN(C(=O)CSC(C)(C)C)[C@@H](c1cccc(F)c1)c1cnn(C)c1. The molecule has 0 saturated carbocycles. The van der Waals surface area contributed by atoms with Gasteiger partial charge in [0, 0.05) is 30.6 Å². The molecule has 24 heavy (non-hydrogen) atoms. The van der Waals surface area contributed by atoms with Crippen LogP contribution >= 0.6 is 11.8 Å². The Morgan fingerprint density at radius 1 is 1.38 bits per heavy atom. The molecule has 0 aliphatic heterocycles. The molecule has 0 fully saturated rings. The van der Waals surface area contributed by atoms with E-state index < -0.39 is 0 Å². The molecule has 0 N–H and O–H groups in total. The number of aromatic nitrogens is 2. The number of benzene rings is 1. The van der Waals surface area contributed by atoms with Gasteiger partial charge < -0.3 is 4.90 Å². The normalized spacial score (nSPS) is 12.9. The molecule has 6 heteroatoms. The maximum Gasteiger partial charge on any atom is 0.233 e. The van der Waals surface area contributed by atoms with Crippen molar-refractivity contribution < 1.29 is 9.18 Å². The second kappa shape index (κ2) is 7.38. The summed E-state index contributed by atoms with van der Waals surface area (Å²) in [5, 5.41) is 4.19. The van der Waals surface area contributed by atoms with Crippen LogP contribution in [0.15, 0.2) is 36.7 Å². The minimum atomic E-state index is -0.359. The summed E-state index contributed by atoms with van der Waals surface area (Å²) in [5.41, 5.74) is 1.60. The highest BCUT2D eigenvalue weighted by molar-refractivity contribution is 8.01. The molecular weight excluding hydrogens is 325 g/mol. The molecule has 1 amide bonds. The van der Waals surface area contributed by atoms with Gasteiger partial charge in [0.15, 0.2) is 0 Å². The van der Waals surface area contributed by atoms with Crippen molar-refractivity contribution in [3.05, 3.63) is 53.6 Å². The minimum absolute atomic E-state index is 0.00744. The van der Waals surface area contributed by atoms with E-state index in [2.05, 4.69) is 25.9 Å². The van der Waals surface area contributed by atoms with Gasteiger partial charge in [-0.25, -0.2) is 4.39 Å². The number of carbonyl (C=O) groups is 1. The van der Waals surface area contributed by atoms with Gasteiger partial charge in [-0.1, -0.05) is 32.9 Å². The Balaban J connectivity index is 2.30. The molecule has 0 unspecified atom stereocenters. The van der Waals surface area contributed by atoms with Crippen LogP contribution < -0.4 is 0 Å². The van der Waals surface area contributed by atoms with Gasteiger partial charge in [0.25, 0.3) is 0 Å². The molecule has 0 bridgehead atoms. The van der Waals surface area contributed by atoms with Gasteiger partial charge in [0.1, 0.15) is 5.82 Å². The highest BCUT2D eigenvalue weighted by atomic mass is 32.2. The van der Waals surface area contributed by atoms with Crippen molar-refractivity contribution in [2.24, 2.45) is 7.05 Å². The third-order valence-corrected chi connectivity index (χ3v) is 4.87. The van der Waals surface area contributed by atoms with Gasteiger partial charge in [0.2, 0.25) is 5.91 Å². The number of hydrogen-bond donors (Lipinski definition) is 0. The van der Waals surface area contributed by atoms with Crippen molar-refractivity contribution in [2.45, 2.75) is 31.6 Å². The van der Waals surface area contributed by atoms with Gasteiger partial charge in [-0.3, -0.25) is 9.48 Å². The number of amides is 1. The zero-order valence-corrected chi connectivity index (χ0v) is 15.6. The first-order chi connectivity index (χ1) is 11.2. The number of hydrogen-bond acceptors (Lipinski definition) is 3. The summed E-state index contributed by atoms with van der Waals surface area (Å²) in [7, 11) is 3.58. The Bertz CT molecular complexity index is 708. The van der Waals surface area contributed by atoms with Crippen LogP contribution in [0.25, 0.3) is 0 Å². The molecule has 0 radical (unpaired) electrons. The molecule has 130 valence electrons. The van der Waals surface area contributed by atoms with Gasteiger partial charge in [-0.05, 0) is 17.7 Å². The molecule has 0 saturated heterocycles. The maximum absolute atomic E-state index is 13.7. The van der Waals surface area contributed by atoms with Crippen molar-refractivity contribution in [3.63, 3.8) is 0 Å². The van der Waals surface area contributed by atoms with E-state index >= 15 is 0 Å². The number of thioether (sulfide) groups is 1. The van der Waals surface area contributed by atoms with Gasteiger partial charge >= 0.3 is 0 Å². The summed E-state index contributed by atoms with van der Waals surface area (Å²) in [6.07, 6.45) is 3.58. The highest BCUT2D eigenvalue weighted by Gasteiger charge is 2.26. The molecule has 1 atom stereocenters. The van der Waals surface area contributed by atoms with Crippen molar-refractivity contribution in [3.8, 4) is 0 Å². The van der Waals surface area contributed by atoms with Gasteiger partial charge in [0.05, 0.1) is 18.0 Å². The first-order valence-electron chi connectivity index (χ1n) is 7.81. The average molecular weight is 349 g/mol. The van der Waals surface area contributed by atoms with Crippen molar-refractivity contribution in [1.29, 1.82) is 0 Å². The lowest BCUT2D eigenvalue weighted by atomic mass is 10.00. The monoisotopic (exact) mass is 349 g/mol. The molecule has 1 heterocycles. The van der Waals surface area contributed by atoms with Crippen molar-refractivity contribution in [2.75, 3.05) is 12.8 Å². The van der Waals surface area contributed by atoms with E-state index in [9.17, 15) is 9.18 Å². The summed E-state index contributed by atoms with van der Waals surface area (Å²) in [4.78, 5) is 14.3. The van der Waals surface area contributed by atoms with E-state index in [0.29, 0.717) is 5.75 Å². The smallest absolute Gasteiger partial charge is 0.233 e. The van der Waals surface area contributed by atoms with E-state index in [-0.39, 0.29) is 22.5 Å². The minimum Gasteiger partial charge on any atom is -0.334 e. The fraction of sp³-hybridized carbons (Fsp3) is 0.444. The first kappa shape index (κ1) is 18.5. The van der Waals surface area contributed by atoms with Crippen LogP contribution in [0.2, 0.25) is 0 Å². The zero-order valence-electron chi connectivity index (χ0n) is 14.8. The van der Waals surface area contributed by atoms with Crippen LogP contribution in [0.3, 0.4) is 0 Å². The molecule has 2 aromatic rings. The van der Waals surface area contributed by atoms with Crippen LogP contribution in [-0.4, -0.2) is 38.1 Å². The second-order valence-electron chi connectivity index (χ2n) is 6.81. The fourth-order valence-electron chi connectivity index (χ4n) is 2.42. The molecular formula is C18H24FN3OS. The number of halogens is 1. The third kappa shape index (κ3) is 4.84. The summed E-state index contributed by atoms with van der Waals surface area (Å²) in [6.45, 7) is 6.24. The molecule has 0 aliphatic rings. The summed E-state index contributed by atoms with van der Waals surface area (Å²) >= 11 is 1.60. The first-order valence-corrected chi connectivity index (χ1v) is 8.79. The predicted molar refractivity (Wildman–Crippen MR) is 96.4 cm³/mol. The van der Waals surface area contributed by atoms with E-state index in [4.69, 9.17) is 0 Å². The maximum atomic E-state index is 13.7. The molecule has 0 spiro atoms. The van der Waals surface area contributed by atoms with Crippen LogP contribution in [0.1, 0.15) is 37.9 Å². The predicted octanol–water partition coefficient (Wildman–Crippen LogP) is 3.64. The molecule has 1 aromatic heterocycles. The molecule has 0 aliphatic carbocycles. The van der Waals surface area contributed by atoms with E-state index in [1.165, 1.54) is 12.1 Å². The zero-order chi connectivity index (χ0) is 17.9. The van der Waals surface area contributed by atoms with E-state index in [0.717, 1.165) is 11.1 Å². The Hall–Kier alpha value is -1.82. The van der Waals surface area contributed by atoms with Crippen molar-refractivity contribution in [1.82, 2.24) is 14.7 Å². The number of rotatable bonds is 5. The topological polar surface area (TPSA) is 38.1 Å². The van der Waals surface area contributed by atoms with Crippen LogP contribution in [0, 0.1) is 5.82 Å². The standard InChI is InChI=1S/C18H24FN3OS/c1-18(2,3)24-12-16(23)22(5)17(14-10-20-21(4)11-14)13-7-6-8-15(19)9-13/h6-11,17H,12H2,1-5H3/t17-/m0/s1. The third-order valence-electron chi connectivity index (χ3n) is 3.61. The second-order valence-corrected chi connectivity index (χ2v) is 8.61. The number of nitrogens with zero attached hydrogens (tertiary/aromatic N) is 3. The van der Waals surface area contributed by atoms with Gasteiger partial charge in [-0.2, -0.15) is 5.10 Å². The number of aryl methyl sites for hydroxylation is 1.